The van der Waals surface area contributed by atoms with Gasteiger partial charge in [-0.1, -0.05) is 0 Å². The van der Waals surface area contributed by atoms with Crippen LogP contribution in [-0.4, -0.2) is 51.6 Å². The lowest BCUT2D eigenvalue weighted by Gasteiger charge is -2.07. The summed E-state index contributed by atoms with van der Waals surface area (Å²) in [5, 5.41) is 0. The first-order valence-electron chi connectivity index (χ1n) is 6.01. The molecule has 0 atom stereocenters. The van der Waals surface area contributed by atoms with Gasteiger partial charge in [0.1, 0.15) is 0 Å². The van der Waals surface area contributed by atoms with Crippen molar-refractivity contribution in [2.24, 2.45) is 0 Å². The van der Waals surface area contributed by atoms with Crippen molar-refractivity contribution in [1.82, 2.24) is 4.98 Å². The summed E-state index contributed by atoms with van der Waals surface area (Å²) in [5.41, 5.74) is 0.420. The number of pyridine rings is 1. The maximum Gasteiger partial charge on any atom is 0.338 e. The van der Waals surface area contributed by atoms with Gasteiger partial charge in [-0.25, -0.2) is 9.78 Å². The Morgan fingerprint density at radius 2 is 2.05 bits per heavy atom. The van der Waals surface area contributed by atoms with Crippen LogP contribution in [0.25, 0.3) is 0 Å². The zero-order valence-electron chi connectivity index (χ0n) is 11.3. The molecule has 0 aliphatic carbocycles. The highest BCUT2D eigenvalue weighted by atomic mass is 16.5. The molecule has 0 N–H and O–H groups in total. The third kappa shape index (κ3) is 6.17. The van der Waals surface area contributed by atoms with Gasteiger partial charge in [0.2, 0.25) is 5.88 Å². The second kappa shape index (κ2) is 9.29. The molecule has 6 heteroatoms. The fraction of sp³-hybridized carbons (Fsp3) is 0.538. The topological polar surface area (TPSA) is 66.9 Å². The second-order valence-corrected chi connectivity index (χ2v) is 3.68. The minimum atomic E-state index is -0.407. The molecule has 0 aromatic carbocycles. The van der Waals surface area contributed by atoms with Gasteiger partial charge in [-0.05, 0) is 6.07 Å². The van der Waals surface area contributed by atoms with Gasteiger partial charge in [0.05, 0.1) is 32.5 Å². The fourth-order valence-corrected chi connectivity index (χ4v) is 1.32. The lowest BCUT2D eigenvalue weighted by Crippen LogP contribution is -2.08. The molecular formula is C13H19NO5. The number of hydrogen-bond donors (Lipinski definition) is 0. The first kappa shape index (κ1) is 15.4. The summed E-state index contributed by atoms with van der Waals surface area (Å²) in [6.07, 6.45) is 2.25. The maximum absolute atomic E-state index is 11.3. The average Bonchev–Trinajstić information content (AvgIpc) is 2.46. The average molecular weight is 269 g/mol. The molecule has 19 heavy (non-hydrogen) atoms. The van der Waals surface area contributed by atoms with Crippen LogP contribution in [0, 0.1) is 0 Å². The van der Waals surface area contributed by atoms with Crippen LogP contribution in [0.5, 0.6) is 5.88 Å². The molecule has 106 valence electrons. The monoisotopic (exact) mass is 269 g/mol. The molecule has 0 aliphatic heterocycles. The molecule has 0 radical (unpaired) electrons. The molecule has 6 nitrogen and oxygen atoms in total. The van der Waals surface area contributed by atoms with Gasteiger partial charge in [-0.2, -0.15) is 0 Å². The van der Waals surface area contributed by atoms with Gasteiger partial charge in [0.25, 0.3) is 0 Å². The molecule has 0 saturated carbocycles. The van der Waals surface area contributed by atoms with E-state index in [-0.39, 0.29) is 0 Å². The number of nitrogens with zero attached hydrogens (tertiary/aromatic N) is 1. The second-order valence-electron chi connectivity index (χ2n) is 3.68. The Balaban J connectivity index is 2.24. The Morgan fingerprint density at radius 3 is 2.79 bits per heavy atom. The molecule has 1 rings (SSSR count). The Bertz CT molecular complexity index is 383. The van der Waals surface area contributed by atoms with Crippen LogP contribution in [0.15, 0.2) is 18.3 Å². The fourth-order valence-electron chi connectivity index (χ4n) is 1.32. The molecule has 1 aromatic rings. The Hall–Kier alpha value is -1.66. The van der Waals surface area contributed by atoms with Crippen molar-refractivity contribution in [2.45, 2.75) is 6.42 Å². The van der Waals surface area contributed by atoms with Crippen molar-refractivity contribution in [1.29, 1.82) is 0 Å². The lowest BCUT2D eigenvalue weighted by atomic mass is 10.3. The van der Waals surface area contributed by atoms with Gasteiger partial charge in [-0.3, -0.25) is 0 Å². The summed E-state index contributed by atoms with van der Waals surface area (Å²) in [6, 6.07) is 3.13. The van der Waals surface area contributed by atoms with Crippen molar-refractivity contribution >= 4 is 5.97 Å². The maximum atomic E-state index is 11.3. The van der Waals surface area contributed by atoms with E-state index in [1.807, 2.05) is 0 Å². The van der Waals surface area contributed by atoms with Crippen molar-refractivity contribution in [3.05, 3.63) is 23.9 Å². The van der Waals surface area contributed by atoms with Gasteiger partial charge in [0.15, 0.2) is 0 Å². The number of hydrogen-bond acceptors (Lipinski definition) is 6. The number of methoxy groups -OCH3 is 2. The summed E-state index contributed by atoms with van der Waals surface area (Å²) >= 11 is 0. The van der Waals surface area contributed by atoms with E-state index in [0.29, 0.717) is 37.9 Å². The molecule has 0 fully saturated rings. The number of carbonyl (C=O) groups is 1. The zero-order valence-corrected chi connectivity index (χ0v) is 11.3. The van der Waals surface area contributed by atoms with Crippen LogP contribution in [0.3, 0.4) is 0 Å². The zero-order chi connectivity index (χ0) is 13.9. The number of ether oxygens (including phenoxy) is 4. The third-order valence-electron chi connectivity index (χ3n) is 2.27. The molecule has 0 spiro atoms. The van der Waals surface area contributed by atoms with Crippen molar-refractivity contribution in [2.75, 3.05) is 40.6 Å². The highest BCUT2D eigenvalue weighted by molar-refractivity contribution is 5.89. The van der Waals surface area contributed by atoms with Crippen molar-refractivity contribution in [3.8, 4) is 5.88 Å². The molecule has 1 heterocycles. The normalized spacial score (nSPS) is 10.2. The molecule has 0 saturated heterocycles. The van der Waals surface area contributed by atoms with Crippen molar-refractivity contribution in [3.63, 3.8) is 0 Å². The number of aromatic nitrogens is 1. The smallest absolute Gasteiger partial charge is 0.338 e. The molecule has 0 aliphatic rings. The summed E-state index contributed by atoms with van der Waals surface area (Å²) in [5.74, 6) is -0.00468. The Kier molecular flexibility index (Phi) is 7.53. The van der Waals surface area contributed by atoms with Crippen LogP contribution in [-0.2, 0) is 14.2 Å². The molecule has 1 aromatic heterocycles. The van der Waals surface area contributed by atoms with Gasteiger partial charge in [-0.15, -0.1) is 0 Å². The number of esters is 1. The number of rotatable bonds is 9. The number of carbonyl (C=O) groups excluding carboxylic acids is 1. The van der Waals surface area contributed by atoms with E-state index in [0.717, 1.165) is 6.42 Å². The largest absolute Gasteiger partial charge is 0.478 e. The highest BCUT2D eigenvalue weighted by Gasteiger charge is 2.06. The Morgan fingerprint density at radius 1 is 1.21 bits per heavy atom. The van der Waals surface area contributed by atoms with E-state index in [2.05, 4.69) is 9.72 Å². The summed E-state index contributed by atoms with van der Waals surface area (Å²) < 4.78 is 20.2. The van der Waals surface area contributed by atoms with Crippen LogP contribution in [0.1, 0.15) is 16.8 Å². The van der Waals surface area contributed by atoms with E-state index in [4.69, 9.17) is 14.2 Å². The third-order valence-corrected chi connectivity index (χ3v) is 2.27. The van der Waals surface area contributed by atoms with Gasteiger partial charge >= 0.3 is 5.97 Å². The van der Waals surface area contributed by atoms with E-state index in [9.17, 15) is 4.79 Å². The predicted molar refractivity (Wildman–Crippen MR) is 68.4 cm³/mol. The van der Waals surface area contributed by atoms with E-state index in [1.54, 1.807) is 19.2 Å². The van der Waals surface area contributed by atoms with E-state index in [1.165, 1.54) is 13.3 Å². The van der Waals surface area contributed by atoms with Crippen LogP contribution < -0.4 is 4.74 Å². The van der Waals surface area contributed by atoms with Gasteiger partial charge < -0.3 is 18.9 Å². The SMILES string of the molecule is COCCOCCCOc1cc(C(=O)OC)ccn1. The van der Waals surface area contributed by atoms with E-state index < -0.39 is 5.97 Å². The predicted octanol–water partition coefficient (Wildman–Crippen LogP) is 1.30. The summed E-state index contributed by atoms with van der Waals surface area (Å²) in [4.78, 5) is 15.3. The van der Waals surface area contributed by atoms with Crippen molar-refractivity contribution < 1.29 is 23.7 Å². The van der Waals surface area contributed by atoms with E-state index >= 15 is 0 Å². The standard InChI is InChI=1S/C13H19NO5/c1-16-8-9-18-6-3-7-19-12-10-11(4-5-14-12)13(15)17-2/h4-5,10H,3,6-9H2,1-2H3. The summed E-state index contributed by atoms with van der Waals surface area (Å²) in [6.45, 7) is 2.24. The quantitative estimate of drug-likeness (QED) is 0.497. The summed E-state index contributed by atoms with van der Waals surface area (Å²) in [7, 11) is 2.97. The molecule has 0 unspecified atom stereocenters. The van der Waals surface area contributed by atoms with Crippen LogP contribution in [0.4, 0.5) is 0 Å². The Labute approximate surface area is 112 Å². The van der Waals surface area contributed by atoms with Crippen LogP contribution in [0.2, 0.25) is 0 Å². The highest BCUT2D eigenvalue weighted by Crippen LogP contribution is 2.10. The van der Waals surface area contributed by atoms with Crippen LogP contribution >= 0.6 is 0 Å². The lowest BCUT2D eigenvalue weighted by molar-refractivity contribution is 0.0598. The first-order valence-corrected chi connectivity index (χ1v) is 6.01. The minimum absolute atomic E-state index is 0.403. The minimum Gasteiger partial charge on any atom is -0.478 e. The van der Waals surface area contributed by atoms with Gasteiger partial charge in [0, 0.05) is 32.4 Å². The molecular weight excluding hydrogens is 250 g/mol. The molecule has 0 bridgehead atoms. The first-order chi connectivity index (χ1) is 9.27. The molecule has 0 amide bonds.